The molecule has 1 atom stereocenters. The lowest BCUT2D eigenvalue weighted by atomic mass is 9.85. The molecule has 0 aliphatic carbocycles. The van der Waals surface area contributed by atoms with Crippen LogP contribution in [-0.4, -0.2) is 28.1 Å². The lowest BCUT2D eigenvalue weighted by molar-refractivity contribution is -0.337. The Kier molecular flexibility index (Phi) is 5.89. The molecule has 0 spiro atoms. The smallest absolute Gasteiger partial charge is 0.370 e. The van der Waals surface area contributed by atoms with Gasteiger partial charge >= 0.3 is 18.3 Å². The summed E-state index contributed by atoms with van der Waals surface area (Å²) in [6.45, 7) is -0.939. The number of carbonyl (C=O) groups excluding carboxylic acids is 1. The molecule has 2 N–H and O–H groups in total. The zero-order valence-corrected chi connectivity index (χ0v) is 14.2. The summed E-state index contributed by atoms with van der Waals surface area (Å²) in [6, 6.07) is 5.74. The topological polar surface area (TPSA) is 62.2 Å². The number of aromatic nitrogens is 1. The Morgan fingerprint density at radius 3 is 2.03 bits per heavy atom. The normalized spacial score (nSPS) is 14.9. The number of halogens is 8. The summed E-state index contributed by atoms with van der Waals surface area (Å²) in [6.07, 6.45) is -10.4. The fraction of sp³-hybridized carbons (Fsp3) is 0.294. The molecule has 0 aliphatic rings. The number of benzene rings is 1. The summed E-state index contributed by atoms with van der Waals surface area (Å²) < 4.78 is 105. The van der Waals surface area contributed by atoms with Crippen LogP contribution in [0.3, 0.4) is 0 Å². The van der Waals surface area contributed by atoms with Crippen molar-refractivity contribution in [2.45, 2.75) is 30.4 Å². The van der Waals surface area contributed by atoms with Crippen LogP contribution in [0.4, 0.5) is 35.1 Å². The van der Waals surface area contributed by atoms with Gasteiger partial charge in [-0.3, -0.25) is 9.78 Å². The van der Waals surface area contributed by atoms with Crippen molar-refractivity contribution in [3.05, 3.63) is 65.5 Å². The molecule has 0 fully saturated rings. The summed E-state index contributed by atoms with van der Waals surface area (Å²) in [7, 11) is 0. The SMILES string of the molecule is O=C(NCc1cc(C(F)(F)F)ccn1)[C@](O)(c1ccccc1)C(F)(F)C(F)(F)F. The van der Waals surface area contributed by atoms with E-state index in [1.807, 2.05) is 0 Å². The van der Waals surface area contributed by atoms with E-state index < -0.39 is 53.1 Å². The van der Waals surface area contributed by atoms with Crippen LogP contribution in [0.1, 0.15) is 16.8 Å². The van der Waals surface area contributed by atoms with E-state index in [-0.39, 0.29) is 0 Å². The van der Waals surface area contributed by atoms with Gasteiger partial charge in [-0.1, -0.05) is 30.3 Å². The zero-order chi connectivity index (χ0) is 22.1. The molecule has 2 rings (SSSR count). The predicted octanol–water partition coefficient (Wildman–Crippen LogP) is 3.80. The van der Waals surface area contributed by atoms with Crippen LogP contribution in [0.5, 0.6) is 0 Å². The van der Waals surface area contributed by atoms with Crippen LogP contribution in [0.15, 0.2) is 48.7 Å². The van der Waals surface area contributed by atoms with Gasteiger partial charge in [-0.05, 0) is 17.7 Å². The second-order valence-electron chi connectivity index (χ2n) is 5.86. The second-order valence-corrected chi connectivity index (χ2v) is 5.86. The summed E-state index contributed by atoms with van der Waals surface area (Å²) in [5.41, 5.74) is -7.07. The van der Waals surface area contributed by atoms with Crippen molar-refractivity contribution in [3.63, 3.8) is 0 Å². The maximum atomic E-state index is 14.1. The van der Waals surface area contributed by atoms with E-state index in [1.165, 1.54) is 6.07 Å². The quantitative estimate of drug-likeness (QED) is 0.713. The molecule has 0 aliphatic heterocycles. The maximum Gasteiger partial charge on any atom is 0.457 e. The zero-order valence-electron chi connectivity index (χ0n) is 14.2. The summed E-state index contributed by atoms with van der Waals surface area (Å²) in [5, 5.41) is 11.8. The van der Waals surface area contributed by atoms with E-state index in [9.17, 15) is 45.0 Å². The molecule has 1 heterocycles. The predicted molar refractivity (Wildman–Crippen MR) is 82.4 cm³/mol. The number of rotatable bonds is 5. The van der Waals surface area contributed by atoms with Gasteiger partial charge in [0.1, 0.15) is 0 Å². The average Bonchev–Trinajstić information content (AvgIpc) is 2.64. The maximum absolute atomic E-state index is 14.1. The van der Waals surface area contributed by atoms with E-state index in [0.717, 1.165) is 18.3 Å². The molecule has 0 radical (unpaired) electrons. The first kappa shape index (κ1) is 22.5. The Bertz CT molecular complexity index is 868. The first-order chi connectivity index (χ1) is 13.2. The fourth-order valence-electron chi connectivity index (χ4n) is 2.39. The van der Waals surface area contributed by atoms with Gasteiger partial charge in [-0.15, -0.1) is 0 Å². The molecule has 12 heteroatoms. The number of hydrogen-bond acceptors (Lipinski definition) is 3. The minimum atomic E-state index is -6.30. The Balaban J connectivity index is 2.37. The number of nitrogens with one attached hydrogen (secondary N) is 1. The monoisotopic (exact) mass is 428 g/mol. The third kappa shape index (κ3) is 4.31. The van der Waals surface area contributed by atoms with Crippen molar-refractivity contribution < 1.29 is 45.0 Å². The lowest BCUT2D eigenvalue weighted by Gasteiger charge is -2.35. The molecule has 29 heavy (non-hydrogen) atoms. The molecule has 1 aromatic heterocycles. The Morgan fingerprint density at radius 1 is 0.931 bits per heavy atom. The van der Waals surface area contributed by atoms with Gasteiger partial charge in [-0.25, -0.2) is 0 Å². The molecule has 2 aromatic rings. The van der Waals surface area contributed by atoms with Gasteiger partial charge in [-0.2, -0.15) is 35.1 Å². The van der Waals surface area contributed by atoms with Gasteiger partial charge < -0.3 is 10.4 Å². The van der Waals surface area contributed by atoms with Crippen molar-refractivity contribution in [2.75, 3.05) is 0 Å². The molecular weight excluding hydrogens is 416 g/mol. The van der Waals surface area contributed by atoms with E-state index in [4.69, 9.17) is 0 Å². The van der Waals surface area contributed by atoms with Crippen LogP contribution in [0.25, 0.3) is 0 Å². The molecule has 4 nitrogen and oxygen atoms in total. The summed E-state index contributed by atoms with van der Waals surface area (Å²) in [5.74, 6) is -8.07. The Morgan fingerprint density at radius 2 is 1.52 bits per heavy atom. The van der Waals surface area contributed by atoms with E-state index >= 15 is 0 Å². The average molecular weight is 428 g/mol. The van der Waals surface area contributed by atoms with E-state index in [0.29, 0.717) is 24.3 Å². The standard InChI is InChI=1S/C17H12F8N2O2/c18-15(19,20)11-6-7-26-12(8-11)9-27-13(28)14(29,10-4-2-1-3-5-10)16(21,22)17(23,24)25/h1-8,29H,9H2,(H,27,28)/t14-/m1/s1. The van der Waals surface area contributed by atoms with Gasteiger partial charge in [0.25, 0.3) is 5.91 Å². The highest BCUT2D eigenvalue weighted by Crippen LogP contribution is 2.48. The van der Waals surface area contributed by atoms with Crippen LogP contribution in [0, 0.1) is 0 Å². The van der Waals surface area contributed by atoms with Crippen molar-refractivity contribution in [1.29, 1.82) is 0 Å². The number of alkyl halides is 8. The third-order valence-electron chi connectivity index (χ3n) is 3.90. The molecule has 1 aromatic carbocycles. The summed E-state index contributed by atoms with van der Waals surface area (Å²) >= 11 is 0. The van der Waals surface area contributed by atoms with Crippen molar-refractivity contribution in [3.8, 4) is 0 Å². The van der Waals surface area contributed by atoms with Gasteiger partial charge in [0.15, 0.2) is 0 Å². The van der Waals surface area contributed by atoms with Crippen LogP contribution < -0.4 is 5.32 Å². The van der Waals surface area contributed by atoms with Gasteiger partial charge in [0.2, 0.25) is 5.60 Å². The first-order valence-electron chi connectivity index (χ1n) is 7.74. The van der Waals surface area contributed by atoms with Gasteiger partial charge in [0, 0.05) is 6.20 Å². The second kappa shape index (κ2) is 7.58. The third-order valence-corrected chi connectivity index (χ3v) is 3.90. The number of amides is 1. The Labute approximate surface area is 158 Å². The van der Waals surface area contributed by atoms with Crippen LogP contribution in [0.2, 0.25) is 0 Å². The number of aliphatic hydroxyl groups is 1. The van der Waals surface area contributed by atoms with Gasteiger partial charge in [0.05, 0.1) is 17.8 Å². The molecule has 0 bridgehead atoms. The number of carbonyl (C=O) groups is 1. The lowest BCUT2D eigenvalue weighted by Crippen LogP contribution is -2.62. The van der Waals surface area contributed by atoms with E-state index in [1.54, 1.807) is 5.32 Å². The largest absolute Gasteiger partial charge is 0.457 e. The van der Waals surface area contributed by atoms with Crippen LogP contribution in [-0.2, 0) is 23.1 Å². The minimum absolute atomic E-state index is 0.473. The van der Waals surface area contributed by atoms with Crippen LogP contribution >= 0.6 is 0 Å². The molecule has 1 amide bonds. The van der Waals surface area contributed by atoms with Crippen molar-refractivity contribution in [2.24, 2.45) is 0 Å². The highest BCUT2D eigenvalue weighted by molar-refractivity contribution is 5.87. The van der Waals surface area contributed by atoms with Crippen molar-refractivity contribution in [1.82, 2.24) is 10.3 Å². The molecule has 0 saturated carbocycles. The molecule has 0 unspecified atom stereocenters. The fourth-order valence-corrected chi connectivity index (χ4v) is 2.39. The first-order valence-corrected chi connectivity index (χ1v) is 7.74. The molecular formula is C17H12F8N2O2. The number of hydrogen-bond donors (Lipinski definition) is 2. The molecule has 0 saturated heterocycles. The highest BCUT2D eigenvalue weighted by Gasteiger charge is 2.73. The minimum Gasteiger partial charge on any atom is -0.370 e. The summed E-state index contributed by atoms with van der Waals surface area (Å²) in [4.78, 5) is 15.7. The number of pyridine rings is 1. The van der Waals surface area contributed by atoms with E-state index in [2.05, 4.69) is 4.98 Å². The number of nitrogens with zero attached hydrogens (tertiary/aromatic N) is 1. The van der Waals surface area contributed by atoms with Crippen molar-refractivity contribution >= 4 is 5.91 Å². The highest BCUT2D eigenvalue weighted by atomic mass is 19.4. The Hall–Kier alpha value is -2.76. The molecule has 158 valence electrons.